The quantitative estimate of drug-likeness (QED) is 0.260. The molecule has 244 valence electrons. The summed E-state index contributed by atoms with van der Waals surface area (Å²) in [6, 6.07) is 16.6. The first kappa shape index (κ1) is 49.1. The molecule has 2 rings (SSSR count). The van der Waals surface area contributed by atoms with Crippen molar-refractivity contribution >= 4 is 24.0 Å². The van der Waals surface area contributed by atoms with Crippen LogP contribution in [0.25, 0.3) is 0 Å². The summed E-state index contributed by atoms with van der Waals surface area (Å²) in [6.45, 7) is 33.0. The van der Waals surface area contributed by atoms with Crippen molar-refractivity contribution in [1.82, 2.24) is 0 Å². The van der Waals surface area contributed by atoms with Gasteiger partial charge in [0.05, 0.1) is 5.69 Å². The average Bonchev–Trinajstić information content (AvgIpc) is 3.03. The van der Waals surface area contributed by atoms with Crippen molar-refractivity contribution in [2.75, 3.05) is 0 Å². The second-order valence-corrected chi connectivity index (χ2v) is 9.51. The summed E-state index contributed by atoms with van der Waals surface area (Å²) in [6.07, 6.45) is 8.57. The van der Waals surface area contributed by atoms with Crippen LogP contribution in [-0.4, -0.2) is 18.3 Å². The van der Waals surface area contributed by atoms with Crippen LogP contribution in [0.1, 0.15) is 152 Å². The van der Waals surface area contributed by atoms with E-state index in [9.17, 15) is 4.79 Å². The highest BCUT2D eigenvalue weighted by Crippen LogP contribution is 2.19. The zero-order valence-corrected chi connectivity index (χ0v) is 30.7. The maximum absolute atomic E-state index is 10.9. The lowest BCUT2D eigenvalue weighted by atomic mass is 9.96. The summed E-state index contributed by atoms with van der Waals surface area (Å²) in [5.41, 5.74) is 5.77. The number of aryl methyl sites for hydroxylation is 2. The highest BCUT2D eigenvalue weighted by atomic mass is 16.1. The van der Waals surface area contributed by atoms with Crippen molar-refractivity contribution in [3.05, 3.63) is 65.2 Å². The third-order valence-corrected chi connectivity index (χ3v) is 6.29. The molecule has 0 aliphatic heterocycles. The largest absolute Gasteiger partial charge is 0.307 e. The maximum atomic E-state index is 10.9. The second kappa shape index (κ2) is 38.5. The molecule has 0 aliphatic carbocycles. The Bertz CT molecular complexity index is 857. The number of ketones is 1. The number of carbonyl (C=O) groups is 2. The molecule has 0 bridgehead atoms. The Morgan fingerprint density at radius 3 is 1.69 bits per heavy atom. The summed E-state index contributed by atoms with van der Waals surface area (Å²) in [5, 5.41) is 0. The van der Waals surface area contributed by atoms with Crippen molar-refractivity contribution in [2.45, 2.75) is 149 Å². The molecule has 0 N–H and O–H groups in total. The number of para-hydroxylation sites is 1. The van der Waals surface area contributed by atoms with Crippen molar-refractivity contribution in [3.8, 4) is 0 Å². The Morgan fingerprint density at radius 1 is 0.762 bits per heavy atom. The predicted molar refractivity (Wildman–Crippen MR) is 194 cm³/mol. The molecule has 0 saturated carbocycles. The van der Waals surface area contributed by atoms with Gasteiger partial charge in [0.2, 0.25) is 0 Å². The summed E-state index contributed by atoms with van der Waals surface area (Å²) in [4.78, 5) is 23.6. The van der Waals surface area contributed by atoms with E-state index in [0.717, 1.165) is 30.2 Å². The highest BCUT2D eigenvalue weighted by molar-refractivity contribution is 6.00. The number of aliphatic imine (C=N–C) groups is 1. The standard InChI is InChI=1S/C16H17N.C9H18O.C7H16.3C2H6.CH2O/c1-12-7-6-9-15(11-12)14(3)17-16-10-5-4-8-13(16)2;1-4-6-7-9(5-2)8(3)10;1-4-6-7(3)5-2;4*1-2/h4-11H,1-3H3;9H,4-7H2,1-3H3;7H,4-6H2,1-3H3;3*1-2H3;1H2/t;9-;;;;;/m.0...../s1. The molecule has 0 fully saturated rings. The van der Waals surface area contributed by atoms with Crippen molar-refractivity contribution in [1.29, 1.82) is 0 Å². The highest BCUT2D eigenvalue weighted by Gasteiger charge is 2.09. The Labute approximate surface area is 264 Å². The van der Waals surface area contributed by atoms with Crippen LogP contribution >= 0.6 is 0 Å². The maximum Gasteiger partial charge on any atom is 0.132 e. The van der Waals surface area contributed by atoms with Crippen molar-refractivity contribution in [3.63, 3.8) is 0 Å². The number of benzene rings is 2. The van der Waals surface area contributed by atoms with Crippen LogP contribution in [0, 0.1) is 25.7 Å². The van der Waals surface area contributed by atoms with Crippen LogP contribution in [0.2, 0.25) is 0 Å². The van der Waals surface area contributed by atoms with Gasteiger partial charge in [-0.2, -0.15) is 0 Å². The summed E-state index contributed by atoms with van der Waals surface area (Å²) in [5.74, 6) is 1.64. The molecule has 3 nitrogen and oxygen atoms in total. The Balaban J connectivity index is -0.000000157. The van der Waals surface area contributed by atoms with Gasteiger partial charge < -0.3 is 4.79 Å². The van der Waals surface area contributed by atoms with E-state index in [0.29, 0.717) is 11.7 Å². The topological polar surface area (TPSA) is 46.5 Å². The molecule has 0 saturated heterocycles. The monoisotopic (exact) mass is 586 g/mol. The molecule has 42 heavy (non-hydrogen) atoms. The molecule has 2 atom stereocenters. The Hall–Kier alpha value is -2.55. The normalized spacial score (nSPS) is 10.7. The van der Waals surface area contributed by atoms with E-state index in [-0.39, 0.29) is 0 Å². The van der Waals surface area contributed by atoms with E-state index in [1.54, 1.807) is 6.92 Å². The van der Waals surface area contributed by atoms with Gasteiger partial charge in [-0.15, -0.1) is 0 Å². The molecule has 0 amide bonds. The van der Waals surface area contributed by atoms with Gasteiger partial charge >= 0.3 is 0 Å². The van der Waals surface area contributed by atoms with Gasteiger partial charge in [0.25, 0.3) is 0 Å². The molecule has 3 heteroatoms. The van der Waals surface area contributed by atoms with Crippen LogP contribution in [0.15, 0.2) is 53.5 Å². The number of hydrogen-bond acceptors (Lipinski definition) is 3. The fraction of sp³-hybridized carbons (Fsp3) is 0.615. The molecule has 2 aromatic rings. The lowest BCUT2D eigenvalue weighted by molar-refractivity contribution is -0.121. The van der Waals surface area contributed by atoms with Gasteiger partial charge in [0.15, 0.2) is 0 Å². The summed E-state index contributed by atoms with van der Waals surface area (Å²) < 4.78 is 0. The van der Waals surface area contributed by atoms with E-state index in [4.69, 9.17) is 4.79 Å². The van der Waals surface area contributed by atoms with E-state index in [1.165, 1.54) is 48.8 Å². The van der Waals surface area contributed by atoms with E-state index >= 15 is 0 Å². The smallest absolute Gasteiger partial charge is 0.132 e. The van der Waals surface area contributed by atoms with Crippen LogP contribution < -0.4 is 0 Å². The van der Waals surface area contributed by atoms with Gasteiger partial charge in [-0.1, -0.05) is 156 Å². The van der Waals surface area contributed by atoms with Crippen LogP contribution in [0.4, 0.5) is 5.69 Å². The first-order valence-electron chi connectivity index (χ1n) is 16.7. The number of Topliss-reactive ketones (excluding diaryl/α,β-unsaturated/α-hetero) is 1. The molecule has 0 radical (unpaired) electrons. The SMILES string of the molecule is C=O.CC.CC.CC.CC(=Nc1ccccc1C)c1cccc(C)c1.CCCC(C)CC.CCCC[C@H](CC)C(C)=O. The molecule has 2 aromatic carbocycles. The first-order valence-corrected chi connectivity index (χ1v) is 16.7. The zero-order chi connectivity index (χ0) is 33.9. The molecule has 0 spiro atoms. The third kappa shape index (κ3) is 29.0. The van der Waals surface area contributed by atoms with Gasteiger partial charge in [-0.3, -0.25) is 9.79 Å². The van der Waals surface area contributed by atoms with Crippen LogP contribution in [-0.2, 0) is 9.59 Å². The van der Waals surface area contributed by atoms with Crippen LogP contribution in [0.5, 0.6) is 0 Å². The number of unbranched alkanes of at least 4 members (excludes halogenated alkanes) is 1. The summed E-state index contributed by atoms with van der Waals surface area (Å²) >= 11 is 0. The van der Waals surface area contributed by atoms with Crippen LogP contribution in [0.3, 0.4) is 0 Å². The van der Waals surface area contributed by atoms with E-state index in [2.05, 4.69) is 96.8 Å². The molecular formula is C39H71NO2. The minimum atomic E-state index is 0.333. The lowest BCUT2D eigenvalue weighted by Crippen LogP contribution is -2.08. The zero-order valence-electron chi connectivity index (χ0n) is 30.7. The summed E-state index contributed by atoms with van der Waals surface area (Å²) in [7, 11) is 0. The molecule has 1 unspecified atom stereocenters. The Kier molecular flexibility index (Phi) is 45.0. The lowest BCUT2D eigenvalue weighted by Gasteiger charge is -2.08. The molecule has 0 aromatic heterocycles. The molecule has 0 heterocycles. The van der Waals surface area contributed by atoms with Crippen molar-refractivity contribution < 1.29 is 9.59 Å². The average molecular weight is 586 g/mol. The fourth-order valence-corrected chi connectivity index (χ4v) is 3.65. The van der Waals surface area contributed by atoms with Gasteiger partial charge in [0, 0.05) is 11.6 Å². The minimum absolute atomic E-state index is 0.333. The molecule has 0 aliphatic rings. The second-order valence-electron chi connectivity index (χ2n) is 9.51. The molecular weight excluding hydrogens is 514 g/mol. The minimum Gasteiger partial charge on any atom is -0.307 e. The third-order valence-electron chi connectivity index (χ3n) is 6.29. The predicted octanol–water partition coefficient (Wildman–Crippen LogP) is 13.0. The Morgan fingerprint density at radius 2 is 1.31 bits per heavy atom. The van der Waals surface area contributed by atoms with Gasteiger partial charge in [0.1, 0.15) is 12.6 Å². The first-order chi connectivity index (χ1) is 20.2. The van der Waals surface area contributed by atoms with E-state index < -0.39 is 0 Å². The van der Waals surface area contributed by atoms with Crippen molar-refractivity contribution in [2.24, 2.45) is 16.8 Å². The number of rotatable bonds is 10. The fourth-order valence-electron chi connectivity index (χ4n) is 3.65. The van der Waals surface area contributed by atoms with E-state index in [1.807, 2.05) is 60.5 Å². The number of nitrogens with zero attached hydrogens (tertiary/aromatic N) is 1. The van der Waals surface area contributed by atoms with Gasteiger partial charge in [-0.25, -0.2) is 0 Å². The van der Waals surface area contributed by atoms with Gasteiger partial charge in [-0.05, 0) is 63.6 Å². The number of carbonyl (C=O) groups excluding carboxylic acids is 2. The number of hydrogen-bond donors (Lipinski definition) is 0.